The number of rotatable bonds is 8. The fraction of sp³-hybridized carbons (Fsp3) is 0.556. The van der Waals surface area contributed by atoms with E-state index in [0.29, 0.717) is 18.4 Å². The summed E-state index contributed by atoms with van der Waals surface area (Å²) < 4.78 is 0. The van der Waals surface area contributed by atoms with Crippen molar-refractivity contribution in [3.63, 3.8) is 0 Å². The van der Waals surface area contributed by atoms with E-state index in [1.807, 2.05) is 6.08 Å². The maximum absolute atomic E-state index is 10.6. The molecular weight excluding hydrogens is 246 g/mol. The number of aliphatic hydroxyl groups excluding tert-OH is 1. The number of benzene rings is 1. The Labute approximate surface area is 123 Å². The van der Waals surface area contributed by atoms with Gasteiger partial charge in [0.25, 0.3) is 0 Å². The Morgan fingerprint density at radius 2 is 1.70 bits per heavy atom. The Hall–Kier alpha value is -1.12. The molecule has 0 heterocycles. The van der Waals surface area contributed by atoms with E-state index >= 15 is 0 Å². The smallest absolute Gasteiger partial charge is 0.0945 e. The van der Waals surface area contributed by atoms with Crippen LogP contribution < -0.4 is 5.32 Å². The van der Waals surface area contributed by atoms with Crippen LogP contribution in [-0.2, 0) is 0 Å². The molecule has 0 saturated heterocycles. The first-order valence-corrected chi connectivity index (χ1v) is 7.63. The molecule has 1 aromatic carbocycles. The molecule has 2 nitrogen and oxygen atoms in total. The fourth-order valence-electron chi connectivity index (χ4n) is 2.40. The Morgan fingerprint density at radius 1 is 1.15 bits per heavy atom. The highest BCUT2D eigenvalue weighted by atomic mass is 16.3. The van der Waals surface area contributed by atoms with Crippen molar-refractivity contribution in [1.82, 2.24) is 5.32 Å². The van der Waals surface area contributed by atoms with E-state index in [9.17, 15) is 5.11 Å². The van der Waals surface area contributed by atoms with Gasteiger partial charge in [0.2, 0.25) is 0 Å². The number of nitrogens with one attached hydrogen (secondary N) is 1. The first kappa shape index (κ1) is 16.9. The van der Waals surface area contributed by atoms with E-state index in [2.05, 4.69) is 63.9 Å². The molecule has 1 rings (SSSR count). The topological polar surface area (TPSA) is 32.3 Å². The van der Waals surface area contributed by atoms with Crippen molar-refractivity contribution in [2.24, 2.45) is 5.92 Å². The third-order valence-corrected chi connectivity index (χ3v) is 4.02. The molecule has 3 atom stereocenters. The summed E-state index contributed by atoms with van der Waals surface area (Å²) in [7, 11) is 0. The average molecular weight is 275 g/mol. The van der Waals surface area contributed by atoms with Crippen LogP contribution in [0.15, 0.2) is 36.9 Å². The summed E-state index contributed by atoms with van der Waals surface area (Å²) in [6.07, 6.45) is 2.48. The lowest BCUT2D eigenvalue weighted by atomic mass is 9.91. The van der Waals surface area contributed by atoms with E-state index in [4.69, 9.17) is 0 Å². The molecule has 0 radical (unpaired) electrons. The lowest BCUT2D eigenvalue weighted by Gasteiger charge is -2.27. The van der Waals surface area contributed by atoms with Crippen molar-refractivity contribution in [1.29, 1.82) is 0 Å². The van der Waals surface area contributed by atoms with Crippen LogP contribution in [0.4, 0.5) is 0 Å². The van der Waals surface area contributed by atoms with E-state index in [0.717, 1.165) is 12.0 Å². The molecule has 0 amide bonds. The van der Waals surface area contributed by atoms with Gasteiger partial charge in [0, 0.05) is 12.6 Å². The molecule has 0 aromatic heterocycles. The van der Waals surface area contributed by atoms with Crippen LogP contribution in [0.3, 0.4) is 0 Å². The van der Waals surface area contributed by atoms with Gasteiger partial charge in [-0.15, -0.1) is 6.58 Å². The molecule has 0 aliphatic heterocycles. The van der Waals surface area contributed by atoms with Crippen LogP contribution >= 0.6 is 0 Å². The zero-order chi connectivity index (χ0) is 15.1. The summed E-state index contributed by atoms with van der Waals surface area (Å²) in [5.74, 6) is 0.931. The quantitative estimate of drug-likeness (QED) is 0.702. The minimum absolute atomic E-state index is 0.0439. The van der Waals surface area contributed by atoms with Crippen molar-refractivity contribution in [3.8, 4) is 0 Å². The van der Waals surface area contributed by atoms with Gasteiger partial charge in [0.05, 0.1) is 6.10 Å². The van der Waals surface area contributed by atoms with E-state index in [1.54, 1.807) is 0 Å². The van der Waals surface area contributed by atoms with Gasteiger partial charge in [-0.2, -0.15) is 0 Å². The van der Waals surface area contributed by atoms with Gasteiger partial charge in [-0.25, -0.2) is 0 Å². The Kier molecular flexibility index (Phi) is 6.97. The highest BCUT2D eigenvalue weighted by Gasteiger charge is 2.23. The highest BCUT2D eigenvalue weighted by molar-refractivity contribution is 5.27. The molecule has 1 aromatic rings. The molecule has 112 valence electrons. The van der Waals surface area contributed by atoms with Crippen LogP contribution in [0.2, 0.25) is 0 Å². The predicted molar refractivity (Wildman–Crippen MR) is 86.9 cm³/mol. The lowest BCUT2D eigenvalue weighted by molar-refractivity contribution is 0.107. The van der Waals surface area contributed by atoms with Gasteiger partial charge < -0.3 is 10.4 Å². The molecule has 0 aliphatic carbocycles. The SMILES string of the molecule is C=CCNC(C(C)C)C(O)c1ccc(C(C)CC)cc1. The van der Waals surface area contributed by atoms with Gasteiger partial charge in [-0.1, -0.05) is 58.0 Å². The van der Waals surface area contributed by atoms with Gasteiger partial charge in [-0.05, 0) is 29.4 Å². The molecular formula is C18H29NO. The van der Waals surface area contributed by atoms with Crippen LogP contribution in [0.5, 0.6) is 0 Å². The molecule has 2 N–H and O–H groups in total. The standard InChI is InChI=1S/C18H29NO/c1-6-12-19-17(13(3)4)18(20)16-10-8-15(9-11-16)14(5)7-2/h6,8-11,13-14,17-20H,1,7,12H2,2-5H3. The minimum Gasteiger partial charge on any atom is -0.387 e. The molecule has 0 aliphatic rings. The minimum atomic E-state index is -0.485. The zero-order valence-electron chi connectivity index (χ0n) is 13.3. The first-order valence-electron chi connectivity index (χ1n) is 7.63. The first-order chi connectivity index (χ1) is 9.51. The summed E-state index contributed by atoms with van der Waals surface area (Å²) in [5.41, 5.74) is 2.32. The molecule has 20 heavy (non-hydrogen) atoms. The summed E-state index contributed by atoms with van der Waals surface area (Å²) in [6, 6.07) is 8.42. The lowest BCUT2D eigenvalue weighted by Crippen LogP contribution is -2.39. The van der Waals surface area contributed by atoms with Gasteiger partial charge in [0.1, 0.15) is 0 Å². The van der Waals surface area contributed by atoms with E-state index < -0.39 is 6.10 Å². The van der Waals surface area contributed by atoms with Crippen LogP contribution in [-0.4, -0.2) is 17.7 Å². The van der Waals surface area contributed by atoms with Crippen molar-refractivity contribution in [2.75, 3.05) is 6.54 Å². The Balaban J connectivity index is 2.83. The van der Waals surface area contributed by atoms with Crippen LogP contribution in [0, 0.1) is 5.92 Å². The molecule has 0 saturated carbocycles. The van der Waals surface area contributed by atoms with Crippen molar-refractivity contribution in [3.05, 3.63) is 48.0 Å². The maximum atomic E-state index is 10.6. The second kappa shape index (κ2) is 8.23. The van der Waals surface area contributed by atoms with Gasteiger partial charge in [-0.3, -0.25) is 0 Å². The largest absolute Gasteiger partial charge is 0.387 e. The normalized spacial score (nSPS) is 15.9. The number of hydrogen-bond acceptors (Lipinski definition) is 2. The van der Waals surface area contributed by atoms with Crippen molar-refractivity contribution < 1.29 is 5.11 Å². The Morgan fingerprint density at radius 3 is 2.15 bits per heavy atom. The molecule has 0 bridgehead atoms. The summed E-state index contributed by atoms with van der Waals surface area (Å²) in [5, 5.41) is 13.9. The predicted octanol–water partition coefficient (Wildman–Crippen LogP) is 4.03. The van der Waals surface area contributed by atoms with Gasteiger partial charge >= 0.3 is 0 Å². The summed E-state index contributed by atoms with van der Waals surface area (Å²) in [6.45, 7) is 13.1. The molecule has 0 spiro atoms. The van der Waals surface area contributed by atoms with Crippen LogP contribution in [0.25, 0.3) is 0 Å². The summed E-state index contributed by atoms with van der Waals surface area (Å²) >= 11 is 0. The summed E-state index contributed by atoms with van der Waals surface area (Å²) in [4.78, 5) is 0. The highest BCUT2D eigenvalue weighted by Crippen LogP contribution is 2.25. The van der Waals surface area contributed by atoms with E-state index in [-0.39, 0.29) is 6.04 Å². The van der Waals surface area contributed by atoms with Gasteiger partial charge in [0.15, 0.2) is 0 Å². The molecule has 0 fully saturated rings. The zero-order valence-corrected chi connectivity index (χ0v) is 13.3. The second-order valence-corrected chi connectivity index (χ2v) is 5.89. The van der Waals surface area contributed by atoms with Crippen LogP contribution in [0.1, 0.15) is 57.3 Å². The van der Waals surface area contributed by atoms with Crippen molar-refractivity contribution >= 4 is 0 Å². The Bertz CT molecular complexity index is 396. The monoisotopic (exact) mass is 275 g/mol. The van der Waals surface area contributed by atoms with E-state index in [1.165, 1.54) is 5.56 Å². The third kappa shape index (κ3) is 4.46. The molecule has 3 unspecified atom stereocenters. The third-order valence-electron chi connectivity index (χ3n) is 4.02. The number of hydrogen-bond donors (Lipinski definition) is 2. The maximum Gasteiger partial charge on any atom is 0.0945 e. The van der Waals surface area contributed by atoms with Crippen molar-refractivity contribution in [2.45, 2.75) is 52.2 Å². The second-order valence-electron chi connectivity index (χ2n) is 5.89. The molecule has 2 heteroatoms. The number of aliphatic hydroxyl groups is 1. The fourth-order valence-corrected chi connectivity index (χ4v) is 2.40. The average Bonchev–Trinajstić information content (AvgIpc) is 2.46.